The van der Waals surface area contributed by atoms with Gasteiger partial charge < -0.3 is 14.8 Å². The Morgan fingerprint density at radius 2 is 1.66 bits per heavy atom. The van der Waals surface area contributed by atoms with Gasteiger partial charge >= 0.3 is 0 Å². The summed E-state index contributed by atoms with van der Waals surface area (Å²) in [5.74, 6) is 1.00. The monoisotopic (exact) mass is 691 g/mol. The van der Waals surface area contributed by atoms with E-state index >= 15 is 0 Å². The van der Waals surface area contributed by atoms with E-state index in [0.29, 0.717) is 28.8 Å². The molecule has 50 heavy (non-hydrogen) atoms. The van der Waals surface area contributed by atoms with E-state index < -0.39 is 4.92 Å². The van der Waals surface area contributed by atoms with Crippen molar-refractivity contribution in [1.82, 2.24) is 25.1 Å². The van der Waals surface area contributed by atoms with Gasteiger partial charge in [-0.15, -0.1) is 10.2 Å². The lowest BCUT2D eigenvalue weighted by molar-refractivity contribution is -0.384. The van der Waals surface area contributed by atoms with Crippen LogP contribution in [0.15, 0.2) is 113 Å². The average molecular weight is 692 g/mol. The van der Waals surface area contributed by atoms with Gasteiger partial charge in [0.05, 0.1) is 36.1 Å². The molecular formula is C36H33N7O6S. The van der Waals surface area contributed by atoms with Crippen LogP contribution in [0.5, 0.6) is 11.5 Å². The molecule has 0 bridgehead atoms. The Morgan fingerprint density at radius 1 is 0.940 bits per heavy atom. The molecular weight excluding hydrogens is 659 g/mol. The molecule has 0 spiro atoms. The molecule has 1 unspecified atom stereocenters. The standard InChI is InChI=1S/C36H33N7O6S/c1-24-8-10-26(11-9-24)32-20-31(25-12-18-29(48-2)19-13-25)40-42(32)35(45)23-50-36-39-38-33(41(36)27-14-16-28(17-15-27)43(46)47)21-37-34(44)22-49-30-6-4-3-5-7-30/h3-19,32H,20-23H2,1-2H3,(H,37,44). The highest BCUT2D eigenvalue weighted by Crippen LogP contribution is 2.34. The van der Waals surface area contributed by atoms with Crippen LogP contribution in [-0.4, -0.2) is 61.7 Å². The van der Waals surface area contributed by atoms with Crippen LogP contribution in [0.2, 0.25) is 0 Å². The third kappa shape index (κ3) is 7.98. The van der Waals surface area contributed by atoms with E-state index in [2.05, 4.69) is 15.5 Å². The number of methoxy groups -OCH3 is 1. The number of nitrogens with zero attached hydrogens (tertiary/aromatic N) is 6. The van der Waals surface area contributed by atoms with Crippen LogP contribution in [-0.2, 0) is 16.1 Å². The van der Waals surface area contributed by atoms with E-state index in [4.69, 9.17) is 14.6 Å². The predicted octanol–water partition coefficient (Wildman–Crippen LogP) is 5.66. The number of nitrogens with one attached hydrogen (secondary N) is 1. The Kier molecular flexibility index (Phi) is 10.5. The Hall–Kier alpha value is -6.02. The molecule has 5 aromatic rings. The zero-order chi connectivity index (χ0) is 35.0. The number of carbonyl (C=O) groups is 2. The number of rotatable bonds is 13. The van der Waals surface area contributed by atoms with Gasteiger partial charge in [-0.05, 0) is 66.6 Å². The molecule has 1 aromatic heterocycles. The first-order valence-corrected chi connectivity index (χ1v) is 16.6. The van der Waals surface area contributed by atoms with Crippen LogP contribution in [0.3, 0.4) is 0 Å². The maximum atomic E-state index is 13.9. The van der Waals surface area contributed by atoms with E-state index in [9.17, 15) is 19.7 Å². The summed E-state index contributed by atoms with van der Waals surface area (Å²) < 4.78 is 12.5. The summed E-state index contributed by atoms with van der Waals surface area (Å²) in [4.78, 5) is 37.3. The minimum absolute atomic E-state index is 0.00733. The average Bonchev–Trinajstić information content (AvgIpc) is 3.78. The van der Waals surface area contributed by atoms with Crippen molar-refractivity contribution < 1.29 is 24.0 Å². The molecule has 1 aliphatic rings. The number of ether oxygens (including phenoxy) is 2. The lowest BCUT2D eigenvalue weighted by Crippen LogP contribution is -2.29. The summed E-state index contributed by atoms with van der Waals surface area (Å²) >= 11 is 1.15. The van der Waals surface area contributed by atoms with Gasteiger partial charge in [-0.1, -0.05) is 59.8 Å². The van der Waals surface area contributed by atoms with Crippen molar-refractivity contribution in [2.45, 2.75) is 31.1 Å². The molecule has 6 rings (SSSR count). The summed E-state index contributed by atoms with van der Waals surface area (Å²) in [7, 11) is 1.61. The van der Waals surface area contributed by atoms with Gasteiger partial charge in [-0.3, -0.25) is 24.3 Å². The van der Waals surface area contributed by atoms with Crippen LogP contribution >= 0.6 is 11.8 Å². The van der Waals surface area contributed by atoms with E-state index in [0.717, 1.165) is 39.9 Å². The topological polar surface area (TPSA) is 154 Å². The number of non-ortho nitro benzene ring substituents is 1. The van der Waals surface area contributed by atoms with Gasteiger partial charge in [-0.2, -0.15) is 5.10 Å². The van der Waals surface area contributed by atoms with Crippen molar-refractivity contribution in [1.29, 1.82) is 0 Å². The minimum Gasteiger partial charge on any atom is -0.497 e. The molecule has 1 aliphatic heterocycles. The van der Waals surface area contributed by atoms with Crippen molar-refractivity contribution >= 4 is 35.0 Å². The number of para-hydroxylation sites is 1. The highest BCUT2D eigenvalue weighted by atomic mass is 32.2. The Morgan fingerprint density at radius 3 is 2.34 bits per heavy atom. The summed E-state index contributed by atoms with van der Waals surface area (Å²) in [6.45, 7) is 1.80. The minimum atomic E-state index is -0.487. The molecule has 1 atom stereocenters. The molecule has 2 amide bonds. The number of aromatic nitrogens is 3. The first kappa shape index (κ1) is 33.9. The number of carbonyl (C=O) groups excluding carboxylic acids is 2. The molecule has 14 heteroatoms. The Balaban J connectivity index is 1.22. The number of hydrogen-bond acceptors (Lipinski definition) is 10. The van der Waals surface area contributed by atoms with Gasteiger partial charge in [0.15, 0.2) is 17.6 Å². The third-order valence-electron chi connectivity index (χ3n) is 7.95. The second kappa shape index (κ2) is 15.5. The van der Waals surface area contributed by atoms with Crippen LogP contribution in [0, 0.1) is 17.0 Å². The first-order chi connectivity index (χ1) is 24.3. The maximum Gasteiger partial charge on any atom is 0.269 e. The molecule has 13 nitrogen and oxygen atoms in total. The number of hydrazone groups is 1. The van der Waals surface area contributed by atoms with Gasteiger partial charge in [0.2, 0.25) is 0 Å². The van der Waals surface area contributed by atoms with Gasteiger partial charge in [-0.25, -0.2) is 5.01 Å². The molecule has 0 radical (unpaired) electrons. The fourth-order valence-corrected chi connectivity index (χ4v) is 6.15. The van der Waals surface area contributed by atoms with E-state index in [1.165, 1.54) is 17.1 Å². The molecule has 0 aliphatic carbocycles. The smallest absolute Gasteiger partial charge is 0.269 e. The molecule has 1 N–H and O–H groups in total. The second-order valence-electron chi connectivity index (χ2n) is 11.3. The fraction of sp³-hybridized carbons (Fsp3) is 0.194. The molecule has 0 saturated carbocycles. The first-order valence-electron chi connectivity index (χ1n) is 15.7. The lowest BCUT2D eigenvalue weighted by atomic mass is 9.97. The quantitative estimate of drug-likeness (QED) is 0.0936. The summed E-state index contributed by atoms with van der Waals surface area (Å²) in [5.41, 5.74) is 4.19. The number of hydrogen-bond donors (Lipinski definition) is 1. The Labute approximate surface area is 292 Å². The molecule has 0 saturated heterocycles. The molecule has 0 fully saturated rings. The van der Waals surface area contributed by atoms with Crippen LogP contribution in [0.1, 0.15) is 35.0 Å². The predicted molar refractivity (Wildman–Crippen MR) is 187 cm³/mol. The fourth-order valence-electron chi connectivity index (χ4n) is 5.32. The lowest BCUT2D eigenvalue weighted by Gasteiger charge is -2.22. The van der Waals surface area contributed by atoms with Gasteiger partial charge in [0, 0.05) is 24.2 Å². The van der Waals surface area contributed by atoms with Crippen molar-refractivity contribution in [3.8, 4) is 17.2 Å². The highest BCUT2D eigenvalue weighted by Gasteiger charge is 2.33. The van der Waals surface area contributed by atoms with Gasteiger partial charge in [0.1, 0.15) is 11.5 Å². The summed E-state index contributed by atoms with van der Waals surface area (Å²) in [5, 5.41) is 29.4. The zero-order valence-electron chi connectivity index (χ0n) is 27.3. The second-order valence-corrected chi connectivity index (χ2v) is 12.3. The summed E-state index contributed by atoms with van der Waals surface area (Å²) in [6, 6.07) is 30.1. The number of amides is 2. The van der Waals surface area contributed by atoms with Crippen LogP contribution in [0.4, 0.5) is 5.69 Å². The SMILES string of the molecule is COc1ccc(C2=NN(C(=O)CSc3nnc(CNC(=O)COc4ccccc4)n3-c3ccc([N+](=O)[O-])cc3)C(c3ccc(C)cc3)C2)cc1. The van der Waals surface area contributed by atoms with E-state index in [-0.39, 0.29) is 42.4 Å². The zero-order valence-corrected chi connectivity index (χ0v) is 28.1. The third-order valence-corrected chi connectivity index (χ3v) is 8.87. The van der Waals surface area contributed by atoms with E-state index in [1.54, 1.807) is 35.9 Å². The number of thioether (sulfide) groups is 1. The molecule has 254 valence electrons. The normalized spacial score (nSPS) is 13.8. The maximum absolute atomic E-state index is 13.9. The number of benzene rings is 4. The van der Waals surface area contributed by atoms with Crippen molar-refractivity contribution in [2.24, 2.45) is 5.10 Å². The Bertz CT molecular complexity index is 2000. The van der Waals surface area contributed by atoms with Crippen molar-refractivity contribution in [2.75, 3.05) is 19.5 Å². The van der Waals surface area contributed by atoms with E-state index in [1.807, 2.05) is 73.7 Å². The van der Waals surface area contributed by atoms with Crippen LogP contribution in [0.25, 0.3) is 5.69 Å². The highest BCUT2D eigenvalue weighted by molar-refractivity contribution is 7.99. The van der Waals surface area contributed by atoms with Gasteiger partial charge in [0.25, 0.3) is 17.5 Å². The van der Waals surface area contributed by atoms with Crippen LogP contribution < -0.4 is 14.8 Å². The molecule has 4 aromatic carbocycles. The van der Waals surface area contributed by atoms with Crippen molar-refractivity contribution in [3.05, 3.63) is 136 Å². The summed E-state index contributed by atoms with van der Waals surface area (Å²) in [6.07, 6.45) is 0.530. The number of nitro benzene ring substituents is 1. The number of nitro groups is 1. The largest absolute Gasteiger partial charge is 0.497 e. The van der Waals surface area contributed by atoms with Crippen molar-refractivity contribution in [3.63, 3.8) is 0 Å². The molecule has 2 heterocycles. The number of aryl methyl sites for hydroxylation is 1.